The smallest absolute Gasteiger partial charge is 0.270 e. The molecule has 0 aliphatic rings. The predicted molar refractivity (Wildman–Crippen MR) is 98.9 cm³/mol. The SMILES string of the molecule is CC(C)CC(NC(=O)c1c[nH]c2ccc([N+](=O)[O-])cc12)c1cccs1. The highest BCUT2D eigenvalue weighted by atomic mass is 32.1. The first-order chi connectivity index (χ1) is 12.0. The molecule has 130 valence electrons. The van der Waals surface area contributed by atoms with Crippen molar-refractivity contribution in [1.82, 2.24) is 10.3 Å². The second-order valence-electron chi connectivity index (χ2n) is 6.36. The first-order valence-corrected chi connectivity index (χ1v) is 8.93. The highest BCUT2D eigenvalue weighted by Gasteiger charge is 2.21. The van der Waals surface area contributed by atoms with Crippen LogP contribution in [0.3, 0.4) is 0 Å². The Bertz CT molecular complexity index is 900. The molecule has 6 nitrogen and oxygen atoms in total. The second kappa shape index (κ2) is 7.06. The standard InChI is InChI=1S/C18H19N3O3S/c1-11(2)8-16(17-4-3-7-25-17)20-18(22)14-10-19-15-6-5-12(21(23)24)9-13(14)15/h3-7,9-11,16,19H,8H2,1-2H3,(H,20,22). The number of carbonyl (C=O) groups excluding carboxylic acids is 1. The Morgan fingerprint density at radius 2 is 2.16 bits per heavy atom. The summed E-state index contributed by atoms with van der Waals surface area (Å²) in [6.07, 6.45) is 2.43. The molecule has 2 aromatic heterocycles. The zero-order valence-electron chi connectivity index (χ0n) is 14.0. The maximum Gasteiger partial charge on any atom is 0.270 e. The minimum atomic E-state index is -0.457. The number of aromatic nitrogens is 1. The zero-order valence-corrected chi connectivity index (χ0v) is 14.8. The van der Waals surface area contributed by atoms with E-state index < -0.39 is 4.92 Å². The summed E-state index contributed by atoms with van der Waals surface area (Å²) in [6, 6.07) is 8.38. The van der Waals surface area contributed by atoms with E-state index in [0.717, 1.165) is 11.3 Å². The van der Waals surface area contributed by atoms with E-state index in [-0.39, 0.29) is 17.6 Å². The lowest BCUT2D eigenvalue weighted by Crippen LogP contribution is -2.28. The van der Waals surface area contributed by atoms with Crippen LogP contribution in [0.4, 0.5) is 5.69 Å². The van der Waals surface area contributed by atoms with Gasteiger partial charge in [-0.3, -0.25) is 14.9 Å². The fourth-order valence-corrected chi connectivity index (χ4v) is 3.64. The van der Waals surface area contributed by atoms with Gasteiger partial charge in [-0.2, -0.15) is 0 Å². The van der Waals surface area contributed by atoms with Crippen LogP contribution in [0.5, 0.6) is 0 Å². The topological polar surface area (TPSA) is 88.0 Å². The predicted octanol–water partition coefficient (Wildman–Crippen LogP) is 4.65. The molecule has 0 saturated carbocycles. The van der Waals surface area contributed by atoms with Gasteiger partial charge in [-0.1, -0.05) is 19.9 Å². The van der Waals surface area contributed by atoms with Crippen molar-refractivity contribution >= 4 is 33.8 Å². The number of carbonyl (C=O) groups is 1. The zero-order chi connectivity index (χ0) is 18.0. The van der Waals surface area contributed by atoms with Crippen molar-refractivity contribution in [3.8, 4) is 0 Å². The Kier molecular flexibility index (Phi) is 4.85. The van der Waals surface area contributed by atoms with Crippen molar-refractivity contribution in [2.75, 3.05) is 0 Å². The molecule has 1 unspecified atom stereocenters. The van der Waals surface area contributed by atoms with Gasteiger partial charge in [0.1, 0.15) is 0 Å². The maximum atomic E-state index is 12.8. The van der Waals surface area contributed by atoms with Crippen molar-refractivity contribution in [1.29, 1.82) is 0 Å². The molecule has 7 heteroatoms. The van der Waals surface area contributed by atoms with Crippen molar-refractivity contribution in [2.45, 2.75) is 26.3 Å². The molecule has 2 heterocycles. The molecule has 1 amide bonds. The summed E-state index contributed by atoms with van der Waals surface area (Å²) in [7, 11) is 0. The lowest BCUT2D eigenvalue weighted by atomic mass is 10.0. The molecule has 0 radical (unpaired) electrons. The summed E-state index contributed by atoms with van der Waals surface area (Å²) in [5, 5.41) is 16.6. The van der Waals surface area contributed by atoms with Crippen LogP contribution in [0.15, 0.2) is 41.9 Å². The van der Waals surface area contributed by atoms with Gasteiger partial charge in [0.15, 0.2) is 0 Å². The van der Waals surface area contributed by atoms with E-state index in [1.165, 1.54) is 12.1 Å². The molecule has 0 aliphatic heterocycles. The van der Waals surface area contributed by atoms with Crippen LogP contribution in [0, 0.1) is 16.0 Å². The molecule has 0 fully saturated rings. The van der Waals surface area contributed by atoms with E-state index in [1.54, 1.807) is 23.6 Å². The summed E-state index contributed by atoms with van der Waals surface area (Å²) in [4.78, 5) is 27.4. The monoisotopic (exact) mass is 357 g/mol. The second-order valence-corrected chi connectivity index (χ2v) is 7.34. The van der Waals surface area contributed by atoms with E-state index in [0.29, 0.717) is 22.4 Å². The number of fused-ring (bicyclic) bond motifs is 1. The summed E-state index contributed by atoms with van der Waals surface area (Å²) in [6.45, 7) is 4.23. The Morgan fingerprint density at radius 1 is 1.36 bits per heavy atom. The molecule has 2 N–H and O–H groups in total. The lowest BCUT2D eigenvalue weighted by Gasteiger charge is -2.19. The summed E-state index contributed by atoms with van der Waals surface area (Å²) >= 11 is 1.61. The number of non-ortho nitro benzene ring substituents is 1. The first-order valence-electron chi connectivity index (χ1n) is 8.05. The third-order valence-electron chi connectivity index (χ3n) is 4.02. The third-order valence-corrected chi connectivity index (χ3v) is 5.01. The van der Waals surface area contributed by atoms with Crippen LogP contribution in [0.1, 0.15) is 41.5 Å². The number of nitro groups is 1. The number of nitro benzene ring substituents is 1. The fraction of sp³-hybridized carbons (Fsp3) is 0.278. The number of nitrogens with one attached hydrogen (secondary N) is 2. The van der Waals surface area contributed by atoms with E-state index in [9.17, 15) is 14.9 Å². The number of aromatic amines is 1. The molecule has 3 aromatic rings. The molecule has 0 aliphatic carbocycles. The number of hydrogen-bond donors (Lipinski definition) is 2. The van der Waals surface area contributed by atoms with Crippen LogP contribution < -0.4 is 5.32 Å². The number of hydrogen-bond acceptors (Lipinski definition) is 4. The van der Waals surface area contributed by atoms with Gasteiger partial charge >= 0.3 is 0 Å². The molecule has 3 rings (SSSR count). The van der Waals surface area contributed by atoms with Crippen molar-refractivity contribution in [3.05, 3.63) is 62.5 Å². The van der Waals surface area contributed by atoms with Crippen LogP contribution in [0.25, 0.3) is 10.9 Å². The maximum absolute atomic E-state index is 12.8. The van der Waals surface area contributed by atoms with Crippen molar-refractivity contribution < 1.29 is 9.72 Å². The van der Waals surface area contributed by atoms with Gasteiger partial charge in [0.2, 0.25) is 0 Å². The normalized spacial score (nSPS) is 12.4. The summed E-state index contributed by atoms with van der Waals surface area (Å²) < 4.78 is 0. The Hall–Kier alpha value is -2.67. The number of nitrogens with zero attached hydrogens (tertiary/aromatic N) is 1. The van der Waals surface area contributed by atoms with E-state index in [1.807, 2.05) is 17.5 Å². The number of amides is 1. The van der Waals surface area contributed by atoms with Crippen LogP contribution >= 0.6 is 11.3 Å². The highest BCUT2D eigenvalue weighted by molar-refractivity contribution is 7.10. The number of rotatable bonds is 6. The molecular formula is C18H19N3O3S. The quantitative estimate of drug-likeness (QED) is 0.497. The van der Waals surface area contributed by atoms with Crippen LogP contribution in [-0.4, -0.2) is 15.8 Å². The van der Waals surface area contributed by atoms with Crippen LogP contribution in [0.2, 0.25) is 0 Å². The van der Waals surface area contributed by atoms with E-state index in [2.05, 4.69) is 24.1 Å². The Labute approximate surface area is 149 Å². The Morgan fingerprint density at radius 3 is 2.80 bits per heavy atom. The van der Waals surface area contributed by atoms with Gasteiger partial charge in [-0.25, -0.2) is 0 Å². The fourth-order valence-electron chi connectivity index (χ4n) is 2.85. The van der Waals surface area contributed by atoms with Crippen LogP contribution in [-0.2, 0) is 0 Å². The molecule has 1 atom stereocenters. The number of thiophene rings is 1. The lowest BCUT2D eigenvalue weighted by molar-refractivity contribution is -0.384. The van der Waals surface area contributed by atoms with Crippen molar-refractivity contribution in [3.63, 3.8) is 0 Å². The summed E-state index contributed by atoms with van der Waals surface area (Å²) in [5.41, 5.74) is 1.09. The summed E-state index contributed by atoms with van der Waals surface area (Å²) in [5.74, 6) is 0.197. The average Bonchev–Trinajstić information content (AvgIpc) is 3.22. The van der Waals surface area contributed by atoms with E-state index >= 15 is 0 Å². The molecular weight excluding hydrogens is 338 g/mol. The third kappa shape index (κ3) is 3.71. The Balaban J connectivity index is 1.90. The number of H-pyrrole nitrogens is 1. The minimum Gasteiger partial charge on any atom is -0.360 e. The minimum absolute atomic E-state index is 0.0295. The molecule has 1 aromatic carbocycles. The molecule has 0 saturated heterocycles. The van der Waals surface area contributed by atoms with Gasteiger partial charge in [0, 0.05) is 34.1 Å². The van der Waals surface area contributed by atoms with Gasteiger partial charge in [0.05, 0.1) is 16.5 Å². The highest BCUT2D eigenvalue weighted by Crippen LogP contribution is 2.28. The van der Waals surface area contributed by atoms with Gasteiger partial charge in [-0.15, -0.1) is 11.3 Å². The average molecular weight is 357 g/mol. The van der Waals surface area contributed by atoms with Gasteiger partial charge in [-0.05, 0) is 29.9 Å². The van der Waals surface area contributed by atoms with Gasteiger partial charge < -0.3 is 10.3 Å². The van der Waals surface area contributed by atoms with Gasteiger partial charge in [0.25, 0.3) is 11.6 Å². The first kappa shape index (κ1) is 17.2. The number of benzene rings is 1. The molecule has 0 spiro atoms. The molecule has 0 bridgehead atoms. The van der Waals surface area contributed by atoms with Crippen molar-refractivity contribution in [2.24, 2.45) is 5.92 Å². The molecule has 25 heavy (non-hydrogen) atoms. The van der Waals surface area contributed by atoms with E-state index in [4.69, 9.17) is 0 Å². The largest absolute Gasteiger partial charge is 0.360 e.